The number of hydrogen-bond donors (Lipinski definition) is 1. The monoisotopic (exact) mass is 378 g/mol. The average Bonchev–Trinajstić information content (AvgIpc) is 2.51. The van der Waals surface area contributed by atoms with E-state index >= 15 is 0 Å². The lowest BCUT2D eigenvalue weighted by atomic mass is 10.1. The second-order valence-electron chi connectivity index (χ2n) is 6.30. The maximum atomic E-state index is 13.6. The Kier molecular flexibility index (Phi) is 6.37. The minimum absolute atomic E-state index is 0.0882. The Balaban J connectivity index is 2.02. The second kappa shape index (κ2) is 8.31. The Morgan fingerprint density at radius 3 is 2.31 bits per heavy atom. The number of carbonyl (C=O) groups is 1. The first kappa shape index (κ1) is 19.9. The van der Waals surface area contributed by atoms with Crippen LogP contribution in [0.4, 0.5) is 10.1 Å². The largest absolute Gasteiger partial charge is 0.354 e. The van der Waals surface area contributed by atoms with E-state index < -0.39 is 15.8 Å². The third-order valence-electron chi connectivity index (χ3n) is 3.84. The maximum Gasteiger partial charge on any atom is 0.232 e. The summed E-state index contributed by atoms with van der Waals surface area (Å²) in [6, 6.07) is 11.6. The first-order chi connectivity index (χ1) is 12.2. The lowest BCUT2D eigenvalue weighted by molar-refractivity contribution is -0.120. The van der Waals surface area contributed by atoms with E-state index in [9.17, 15) is 17.6 Å². The summed E-state index contributed by atoms with van der Waals surface area (Å²) >= 11 is 0. The van der Waals surface area contributed by atoms with E-state index in [1.165, 1.54) is 10.4 Å². The van der Waals surface area contributed by atoms with Crippen molar-refractivity contribution in [1.82, 2.24) is 5.32 Å². The predicted octanol–water partition coefficient (Wildman–Crippen LogP) is 2.57. The van der Waals surface area contributed by atoms with Gasteiger partial charge in [-0.25, -0.2) is 12.8 Å². The first-order valence-electron chi connectivity index (χ1n) is 8.23. The molecule has 0 unspecified atom stereocenters. The van der Waals surface area contributed by atoms with Gasteiger partial charge in [0.05, 0.1) is 24.9 Å². The van der Waals surface area contributed by atoms with Crippen LogP contribution in [-0.2, 0) is 21.2 Å². The number of rotatable bonds is 7. The predicted molar refractivity (Wildman–Crippen MR) is 101 cm³/mol. The number of benzene rings is 2. The van der Waals surface area contributed by atoms with Crippen LogP contribution in [0.2, 0.25) is 0 Å². The number of amides is 1. The highest BCUT2D eigenvalue weighted by Gasteiger charge is 2.18. The van der Waals surface area contributed by atoms with E-state index in [2.05, 4.69) is 5.32 Å². The summed E-state index contributed by atoms with van der Waals surface area (Å²) in [6.07, 6.45) is 1.04. The summed E-state index contributed by atoms with van der Waals surface area (Å²) in [4.78, 5) is 12.0. The van der Waals surface area contributed by atoms with E-state index in [-0.39, 0.29) is 25.4 Å². The molecular formula is C19H23FN2O3S. The summed E-state index contributed by atoms with van der Waals surface area (Å²) in [6.45, 7) is 4.03. The van der Waals surface area contributed by atoms with Gasteiger partial charge in [-0.1, -0.05) is 24.3 Å². The van der Waals surface area contributed by atoms with E-state index in [0.717, 1.165) is 17.4 Å². The second-order valence-corrected chi connectivity index (χ2v) is 8.21. The van der Waals surface area contributed by atoms with Gasteiger partial charge in [-0.15, -0.1) is 0 Å². The lowest BCUT2D eigenvalue weighted by Gasteiger charge is -2.23. The molecule has 0 saturated carbocycles. The fraction of sp³-hybridized carbons (Fsp3) is 0.316. The Labute approximate surface area is 153 Å². The van der Waals surface area contributed by atoms with Gasteiger partial charge in [0, 0.05) is 6.54 Å². The highest BCUT2D eigenvalue weighted by molar-refractivity contribution is 7.92. The normalized spacial score (nSPS) is 11.2. The van der Waals surface area contributed by atoms with Crippen LogP contribution in [-0.4, -0.2) is 33.7 Å². The molecule has 1 amide bonds. The van der Waals surface area contributed by atoms with Crippen LogP contribution in [0.25, 0.3) is 0 Å². The molecule has 0 aliphatic carbocycles. The van der Waals surface area contributed by atoms with Crippen molar-refractivity contribution < 1.29 is 17.6 Å². The van der Waals surface area contributed by atoms with E-state index in [0.29, 0.717) is 11.3 Å². The molecule has 5 nitrogen and oxygen atoms in total. The third-order valence-corrected chi connectivity index (χ3v) is 5.03. The lowest BCUT2D eigenvalue weighted by Crippen LogP contribution is -2.38. The molecule has 0 aliphatic heterocycles. The molecule has 1 N–H and O–H groups in total. The molecule has 0 atom stereocenters. The van der Waals surface area contributed by atoms with Gasteiger partial charge in [0.1, 0.15) is 5.82 Å². The first-order valence-corrected chi connectivity index (χ1v) is 10.1. The van der Waals surface area contributed by atoms with Crippen molar-refractivity contribution in [2.24, 2.45) is 0 Å². The van der Waals surface area contributed by atoms with Crippen LogP contribution in [0.1, 0.15) is 16.7 Å². The van der Waals surface area contributed by atoms with Crippen LogP contribution >= 0.6 is 0 Å². The molecule has 0 radical (unpaired) electrons. The molecule has 2 rings (SSSR count). The summed E-state index contributed by atoms with van der Waals surface area (Å²) in [7, 11) is -3.49. The number of sulfonamides is 1. The van der Waals surface area contributed by atoms with Crippen LogP contribution in [0.5, 0.6) is 0 Å². The fourth-order valence-corrected chi connectivity index (χ4v) is 3.67. The van der Waals surface area contributed by atoms with Crippen molar-refractivity contribution in [3.63, 3.8) is 0 Å². The third kappa shape index (κ3) is 5.56. The minimum Gasteiger partial charge on any atom is -0.354 e. The summed E-state index contributed by atoms with van der Waals surface area (Å²) < 4.78 is 39.1. The van der Waals surface area contributed by atoms with Gasteiger partial charge in [-0.3, -0.25) is 9.10 Å². The molecule has 0 fully saturated rings. The van der Waals surface area contributed by atoms with Crippen molar-refractivity contribution in [1.29, 1.82) is 0 Å². The number of aryl methyl sites for hydroxylation is 2. The van der Waals surface area contributed by atoms with Gasteiger partial charge in [0.15, 0.2) is 0 Å². The maximum absolute atomic E-state index is 13.6. The summed E-state index contributed by atoms with van der Waals surface area (Å²) in [5.74, 6) is -0.792. The number of nitrogens with zero attached hydrogens (tertiary/aromatic N) is 1. The van der Waals surface area contributed by atoms with Gasteiger partial charge < -0.3 is 5.32 Å². The van der Waals surface area contributed by atoms with Gasteiger partial charge in [0.25, 0.3) is 0 Å². The van der Waals surface area contributed by atoms with Crippen molar-refractivity contribution in [3.8, 4) is 0 Å². The van der Waals surface area contributed by atoms with Crippen molar-refractivity contribution >= 4 is 21.6 Å². The zero-order valence-corrected chi connectivity index (χ0v) is 15.9. The molecule has 0 aromatic heterocycles. The van der Waals surface area contributed by atoms with Gasteiger partial charge in [0.2, 0.25) is 15.9 Å². The van der Waals surface area contributed by atoms with Crippen molar-refractivity contribution in [2.45, 2.75) is 20.3 Å². The van der Waals surface area contributed by atoms with Crippen molar-refractivity contribution in [3.05, 3.63) is 65.0 Å². The van der Waals surface area contributed by atoms with Gasteiger partial charge >= 0.3 is 0 Å². The molecule has 0 aliphatic rings. The molecule has 140 valence electrons. The van der Waals surface area contributed by atoms with E-state index in [4.69, 9.17) is 0 Å². The number of carbonyl (C=O) groups excluding carboxylic acids is 1. The SMILES string of the molecule is Cc1cc(C)cc(N(CCNC(=O)Cc2ccccc2F)S(C)(=O)=O)c1. The highest BCUT2D eigenvalue weighted by Crippen LogP contribution is 2.20. The highest BCUT2D eigenvalue weighted by atomic mass is 32.2. The molecule has 0 bridgehead atoms. The van der Waals surface area contributed by atoms with E-state index in [1.807, 2.05) is 19.9 Å². The van der Waals surface area contributed by atoms with Crippen molar-refractivity contribution in [2.75, 3.05) is 23.7 Å². The van der Waals surface area contributed by atoms with Crippen LogP contribution in [0.3, 0.4) is 0 Å². The van der Waals surface area contributed by atoms with Gasteiger partial charge in [-0.2, -0.15) is 0 Å². The zero-order valence-electron chi connectivity index (χ0n) is 15.1. The topological polar surface area (TPSA) is 66.5 Å². The number of halogens is 1. The molecule has 0 spiro atoms. The smallest absolute Gasteiger partial charge is 0.232 e. The quantitative estimate of drug-likeness (QED) is 0.805. The fourth-order valence-electron chi connectivity index (χ4n) is 2.76. The Hall–Kier alpha value is -2.41. The van der Waals surface area contributed by atoms with Crippen LogP contribution in [0, 0.1) is 19.7 Å². The number of hydrogen-bond acceptors (Lipinski definition) is 3. The molecule has 2 aromatic rings. The van der Waals surface area contributed by atoms with Crippen LogP contribution in [0.15, 0.2) is 42.5 Å². The summed E-state index contributed by atoms with van der Waals surface area (Å²) in [5.41, 5.74) is 2.78. The number of anilines is 1. The molecule has 26 heavy (non-hydrogen) atoms. The average molecular weight is 378 g/mol. The standard InChI is InChI=1S/C19H23FN2O3S/c1-14-10-15(2)12-17(11-14)22(26(3,24)25)9-8-21-19(23)13-16-6-4-5-7-18(16)20/h4-7,10-12H,8-9,13H2,1-3H3,(H,21,23). The minimum atomic E-state index is -3.49. The van der Waals surface area contributed by atoms with Crippen LogP contribution < -0.4 is 9.62 Å². The molecule has 0 saturated heterocycles. The molecule has 7 heteroatoms. The Morgan fingerprint density at radius 2 is 1.73 bits per heavy atom. The Bertz CT molecular complexity index is 877. The summed E-state index contributed by atoms with van der Waals surface area (Å²) in [5, 5.41) is 2.65. The Morgan fingerprint density at radius 1 is 1.12 bits per heavy atom. The molecular weight excluding hydrogens is 355 g/mol. The number of nitrogens with one attached hydrogen (secondary N) is 1. The van der Waals surface area contributed by atoms with E-state index in [1.54, 1.807) is 30.3 Å². The molecule has 0 heterocycles. The molecule has 2 aromatic carbocycles. The zero-order chi connectivity index (χ0) is 19.3. The van der Waals surface area contributed by atoms with Gasteiger partial charge in [-0.05, 0) is 48.7 Å².